The van der Waals surface area contributed by atoms with Gasteiger partial charge in [-0.25, -0.2) is 9.78 Å². The minimum Gasteiger partial charge on any atom is -0.465 e. The van der Waals surface area contributed by atoms with Crippen LogP contribution in [-0.4, -0.2) is 23.2 Å². The molecule has 6 nitrogen and oxygen atoms in total. The first-order valence-corrected chi connectivity index (χ1v) is 6.70. The number of hydrogen-bond acceptors (Lipinski definition) is 5. The number of methoxy groups -OCH3 is 1. The van der Waals surface area contributed by atoms with Gasteiger partial charge in [-0.05, 0) is 11.2 Å². The molecule has 0 aliphatic heterocycles. The Morgan fingerprint density at radius 1 is 1.32 bits per heavy atom. The molecule has 0 bridgehead atoms. The first-order valence-electron chi connectivity index (χ1n) is 6.70. The number of hydrogen-bond donors (Lipinski definition) is 0. The summed E-state index contributed by atoms with van der Waals surface area (Å²) in [6.07, 6.45) is 6.59. The van der Waals surface area contributed by atoms with Crippen LogP contribution in [0.5, 0.6) is 0 Å². The zero-order valence-corrected chi connectivity index (χ0v) is 12.0. The fourth-order valence-corrected chi connectivity index (χ4v) is 2.11. The summed E-state index contributed by atoms with van der Waals surface area (Å²) < 4.78 is 11.7. The van der Waals surface area contributed by atoms with Gasteiger partial charge in [-0.1, -0.05) is 22.9 Å². The van der Waals surface area contributed by atoms with Gasteiger partial charge in [-0.3, -0.25) is 0 Å². The predicted molar refractivity (Wildman–Crippen MR) is 76.8 cm³/mol. The molecule has 0 radical (unpaired) electrons. The molecule has 6 heteroatoms. The molecule has 3 rings (SSSR count). The first-order chi connectivity index (χ1) is 10.8. The van der Waals surface area contributed by atoms with Crippen LogP contribution in [0.4, 0.5) is 0 Å². The largest absolute Gasteiger partial charge is 0.465 e. The van der Waals surface area contributed by atoms with Gasteiger partial charge < -0.3 is 9.15 Å². The summed E-state index contributed by atoms with van der Waals surface area (Å²) in [6.45, 7) is 0.469. The molecule has 0 amide bonds. The number of nitrogens with zero attached hydrogens (tertiary/aromatic N) is 3. The van der Waals surface area contributed by atoms with Crippen LogP contribution in [0.1, 0.15) is 15.9 Å². The topological polar surface area (TPSA) is 69.1 Å². The summed E-state index contributed by atoms with van der Waals surface area (Å²) in [6, 6.07) is 9.16. The van der Waals surface area contributed by atoms with E-state index in [0.717, 1.165) is 11.1 Å². The predicted octanol–water partition coefficient (Wildman–Crippen LogP) is 1.86. The van der Waals surface area contributed by atoms with E-state index in [4.69, 9.17) is 9.15 Å². The van der Waals surface area contributed by atoms with Crippen molar-refractivity contribution in [1.29, 1.82) is 0 Å². The number of carbonyl (C=O) groups excluding carboxylic acids is 1. The molecule has 0 atom stereocenters. The van der Waals surface area contributed by atoms with Gasteiger partial charge in [-0.2, -0.15) is 0 Å². The third-order valence-corrected chi connectivity index (χ3v) is 3.21. The fourth-order valence-electron chi connectivity index (χ4n) is 2.11. The molecule has 22 heavy (non-hydrogen) atoms. The molecule has 0 saturated heterocycles. The lowest BCUT2D eigenvalue weighted by molar-refractivity contribution is -0.746. The van der Waals surface area contributed by atoms with Crippen LogP contribution < -0.4 is 4.68 Å². The van der Waals surface area contributed by atoms with Gasteiger partial charge in [-0.15, -0.1) is 0 Å². The van der Waals surface area contributed by atoms with Crippen LogP contribution in [0.3, 0.4) is 0 Å². The highest BCUT2D eigenvalue weighted by Crippen LogP contribution is 2.14. The molecule has 2 heterocycles. The highest BCUT2D eigenvalue weighted by atomic mass is 16.5. The van der Waals surface area contributed by atoms with Crippen molar-refractivity contribution in [2.45, 2.75) is 6.54 Å². The molecule has 3 aromatic rings. The maximum atomic E-state index is 11.8. The Morgan fingerprint density at radius 2 is 2.18 bits per heavy atom. The summed E-state index contributed by atoms with van der Waals surface area (Å²) in [5, 5.41) is 4.32. The van der Waals surface area contributed by atoms with Gasteiger partial charge in [0.05, 0.1) is 24.4 Å². The Hall–Kier alpha value is -3.02. The van der Waals surface area contributed by atoms with E-state index in [0.29, 0.717) is 18.0 Å². The van der Waals surface area contributed by atoms with Crippen LogP contribution in [0, 0.1) is 0 Å². The molecule has 0 N–H and O–H groups in total. The molecule has 0 spiro atoms. The van der Waals surface area contributed by atoms with Crippen LogP contribution in [-0.2, 0) is 11.3 Å². The zero-order valence-electron chi connectivity index (χ0n) is 12.0. The van der Waals surface area contributed by atoms with Crippen LogP contribution in [0.15, 0.2) is 59.6 Å². The molecule has 1 aromatic carbocycles. The van der Waals surface area contributed by atoms with Crippen molar-refractivity contribution in [2.75, 3.05) is 7.11 Å². The van der Waals surface area contributed by atoms with Crippen LogP contribution in [0.2, 0.25) is 0 Å². The minimum atomic E-state index is -0.354. The normalized spacial score (nSPS) is 10.4. The third-order valence-electron chi connectivity index (χ3n) is 3.21. The monoisotopic (exact) mass is 296 g/mol. The van der Waals surface area contributed by atoms with E-state index >= 15 is 0 Å². The quantitative estimate of drug-likeness (QED) is 0.543. The maximum Gasteiger partial charge on any atom is 0.338 e. The van der Waals surface area contributed by atoms with E-state index in [1.54, 1.807) is 29.2 Å². The lowest BCUT2D eigenvalue weighted by atomic mass is 10.1. The average Bonchev–Trinajstić information content (AvgIpc) is 3.10. The second kappa shape index (κ2) is 6.17. The van der Waals surface area contributed by atoms with Crippen molar-refractivity contribution in [2.24, 2.45) is 0 Å². The summed E-state index contributed by atoms with van der Waals surface area (Å²) in [5.41, 5.74) is 2.18. The van der Waals surface area contributed by atoms with Crippen LogP contribution >= 0.6 is 0 Å². The highest BCUT2D eigenvalue weighted by molar-refractivity contribution is 5.90. The lowest BCUT2D eigenvalue weighted by Gasteiger charge is -2.04. The second-order valence-corrected chi connectivity index (χ2v) is 4.60. The number of benzene rings is 1. The van der Waals surface area contributed by atoms with Crippen molar-refractivity contribution >= 4 is 5.97 Å². The molecule has 0 aliphatic rings. The summed E-state index contributed by atoms with van der Waals surface area (Å²) >= 11 is 0. The van der Waals surface area contributed by atoms with Gasteiger partial charge in [0.2, 0.25) is 12.4 Å². The Bertz CT molecular complexity index is 768. The van der Waals surface area contributed by atoms with Crippen LogP contribution in [0.25, 0.3) is 11.5 Å². The standard InChI is InChI=1S/C16H14N3O3/c1-21-16(20)14-5-3-2-4-13(14)11-19-8-6-12(10-18-19)15-17-7-9-22-15/h2-10H,11H2,1H3/q+1. The number of rotatable bonds is 4. The molecular formula is C16H14N3O3+. The van der Waals surface area contributed by atoms with E-state index in [2.05, 4.69) is 10.1 Å². The van der Waals surface area contributed by atoms with Gasteiger partial charge in [0, 0.05) is 11.6 Å². The summed E-state index contributed by atoms with van der Waals surface area (Å²) in [5.74, 6) is 0.169. The smallest absolute Gasteiger partial charge is 0.338 e. The molecule has 0 fully saturated rings. The molecular weight excluding hydrogens is 282 g/mol. The zero-order chi connectivity index (χ0) is 15.4. The molecule has 110 valence electrons. The molecule has 2 aromatic heterocycles. The van der Waals surface area contributed by atoms with Crippen molar-refractivity contribution in [3.8, 4) is 11.5 Å². The maximum absolute atomic E-state index is 11.8. The minimum absolute atomic E-state index is 0.354. The number of esters is 1. The van der Waals surface area contributed by atoms with Gasteiger partial charge in [0.1, 0.15) is 12.5 Å². The van der Waals surface area contributed by atoms with Crippen molar-refractivity contribution in [3.05, 3.63) is 66.3 Å². The Balaban J connectivity index is 1.83. The van der Waals surface area contributed by atoms with E-state index in [-0.39, 0.29) is 5.97 Å². The molecule has 0 aliphatic carbocycles. The van der Waals surface area contributed by atoms with Crippen molar-refractivity contribution < 1.29 is 18.6 Å². The van der Waals surface area contributed by atoms with Gasteiger partial charge in [0.25, 0.3) is 0 Å². The van der Waals surface area contributed by atoms with E-state index < -0.39 is 0 Å². The number of aromatic nitrogens is 3. The SMILES string of the molecule is COC(=O)c1ccccc1C[n+]1ccc(-c2ncco2)cn1. The number of oxazole rings is 1. The first kappa shape index (κ1) is 13.9. The van der Waals surface area contributed by atoms with E-state index in [1.165, 1.54) is 13.4 Å². The third kappa shape index (κ3) is 2.85. The summed E-state index contributed by atoms with van der Waals surface area (Å²) in [4.78, 5) is 15.8. The lowest BCUT2D eigenvalue weighted by Crippen LogP contribution is -2.38. The highest BCUT2D eigenvalue weighted by Gasteiger charge is 2.15. The average molecular weight is 296 g/mol. The Kier molecular flexibility index (Phi) is 3.91. The number of carbonyl (C=O) groups is 1. The van der Waals surface area contributed by atoms with Crippen molar-refractivity contribution in [1.82, 2.24) is 10.1 Å². The van der Waals surface area contributed by atoms with E-state index in [9.17, 15) is 4.79 Å². The number of ether oxygens (including phenoxy) is 1. The summed E-state index contributed by atoms with van der Waals surface area (Å²) in [7, 11) is 1.37. The fraction of sp³-hybridized carbons (Fsp3) is 0.125. The molecule has 0 saturated carbocycles. The second-order valence-electron chi connectivity index (χ2n) is 4.60. The Labute approximate surface area is 127 Å². The van der Waals surface area contributed by atoms with Gasteiger partial charge in [0.15, 0.2) is 6.20 Å². The van der Waals surface area contributed by atoms with Crippen molar-refractivity contribution in [3.63, 3.8) is 0 Å². The van der Waals surface area contributed by atoms with E-state index in [1.807, 2.05) is 24.4 Å². The molecule has 0 unspecified atom stereocenters. The van der Waals surface area contributed by atoms with Gasteiger partial charge >= 0.3 is 5.97 Å². The Morgan fingerprint density at radius 3 is 2.86 bits per heavy atom.